The van der Waals surface area contributed by atoms with Crippen molar-refractivity contribution in [1.82, 2.24) is 24.5 Å². The molecule has 6 nitrogen and oxygen atoms in total. The number of hydrogen-bond acceptors (Lipinski definition) is 5. The predicted molar refractivity (Wildman–Crippen MR) is 109 cm³/mol. The molecule has 0 radical (unpaired) electrons. The molecule has 1 aliphatic rings. The van der Waals surface area contributed by atoms with Crippen molar-refractivity contribution in [3.05, 3.63) is 53.1 Å². The third-order valence-electron chi connectivity index (χ3n) is 5.38. The molecule has 1 fully saturated rings. The zero-order valence-corrected chi connectivity index (χ0v) is 17.1. The molecule has 1 aromatic carbocycles. The average molecular weight is 393 g/mol. The summed E-state index contributed by atoms with van der Waals surface area (Å²) in [6, 6.07) is 12.8. The molecule has 4 rings (SSSR count). The fourth-order valence-corrected chi connectivity index (χ4v) is 5.03. The highest BCUT2D eigenvalue weighted by atomic mass is 32.2. The Hall–Kier alpha value is -2.59. The monoisotopic (exact) mass is 392 g/mol. The number of benzene rings is 1. The first-order valence-corrected chi connectivity index (χ1v) is 10.8. The van der Waals surface area contributed by atoms with E-state index in [0.29, 0.717) is 17.4 Å². The molecule has 0 saturated heterocycles. The van der Waals surface area contributed by atoms with Crippen LogP contribution in [0.15, 0.2) is 35.5 Å². The molecule has 1 aliphatic carbocycles. The molecule has 0 amide bonds. The Morgan fingerprint density at radius 3 is 2.57 bits per heavy atom. The number of aryl methyl sites for hydroxylation is 2. The Morgan fingerprint density at radius 1 is 1.11 bits per heavy atom. The molecule has 1 saturated carbocycles. The predicted octanol–water partition coefficient (Wildman–Crippen LogP) is 4.75. The largest absolute Gasteiger partial charge is 0.303 e. The number of hydrogen-bond donors (Lipinski definition) is 0. The van der Waals surface area contributed by atoms with Gasteiger partial charge in [-0.2, -0.15) is 10.4 Å². The van der Waals surface area contributed by atoms with Crippen LogP contribution >= 0.6 is 11.8 Å². The van der Waals surface area contributed by atoms with Crippen molar-refractivity contribution in [2.45, 2.75) is 62.9 Å². The van der Waals surface area contributed by atoms with Crippen LogP contribution in [0.3, 0.4) is 0 Å². The van der Waals surface area contributed by atoms with E-state index in [9.17, 15) is 5.26 Å². The van der Waals surface area contributed by atoms with E-state index in [2.05, 4.69) is 25.9 Å². The van der Waals surface area contributed by atoms with Gasteiger partial charge in [0.1, 0.15) is 11.9 Å². The average Bonchev–Trinajstić information content (AvgIpc) is 3.26. The summed E-state index contributed by atoms with van der Waals surface area (Å²) in [5.41, 5.74) is 3.28. The van der Waals surface area contributed by atoms with E-state index in [1.807, 2.05) is 48.9 Å². The van der Waals surface area contributed by atoms with Gasteiger partial charge in [0, 0.05) is 11.8 Å². The van der Waals surface area contributed by atoms with E-state index in [1.165, 1.54) is 32.1 Å². The van der Waals surface area contributed by atoms with Crippen LogP contribution in [0.5, 0.6) is 0 Å². The highest BCUT2D eigenvalue weighted by Gasteiger charge is 2.23. The summed E-state index contributed by atoms with van der Waals surface area (Å²) in [4.78, 5) is 0. The first kappa shape index (κ1) is 18.8. The van der Waals surface area contributed by atoms with Crippen LogP contribution in [0.4, 0.5) is 0 Å². The maximum atomic E-state index is 9.67. The summed E-state index contributed by atoms with van der Waals surface area (Å²) >= 11 is 1.64. The lowest BCUT2D eigenvalue weighted by Crippen LogP contribution is -2.15. The van der Waals surface area contributed by atoms with E-state index in [1.54, 1.807) is 11.8 Å². The SMILES string of the molecule is Cc1nn(-c2ccccc2)c(CSc2nnc(C)n2C2CCCCC2)c1C#N. The highest BCUT2D eigenvalue weighted by molar-refractivity contribution is 7.98. The second kappa shape index (κ2) is 8.19. The number of aromatic nitrogens is 5. The molecule has 3 aromatic rings. The quantitative estimate of drug-likeness (QED) is 0.586. The second-order valence-electron chi connectivity index (χ2n) is 7.25. The highest BCUT2D eigenvalue weighted by Crippen LogP contribution is 2.34. The Kier molecular flexibility index (Phi) is 5.49. The van der Waals surface area contributed by atoms with Crippen molar-refractivity contribution in [2.24, 2.45) is 0 Å². The van der Waals surface area contributed by atoms with Gasteiger partial charge in [0.25, 0.3) is 0 Å². The van der Waals surface area contributed by atoms with Crippen molar-refractivity contribution in [3.63, 3.8) is 0 Å². The summed E-state index contributed by atoms with van der Waals surface area (Å²) in [6.07, 6.45) is 6.24. The van der Waals surface area contributed by atoms with Gasteiger partial charge in [-0.3, -0.25) is 0 Å². The minimum absolute atomic E-state index is 0.488. The zero-order valence-electron chi connectivity index (χ0n) is 16.3. The third-order valence-corrected chi connectivity index (χ3v) is 6.34. The molecule has 28 heavy (non-hydrogen) atoms. The summed E-state index contributed by atoms with van der Waals surface area (Å²) < 4.78 is 4.18. The lowest BCUT2D eigenvalue weighted by atomic mass is 9.95. The van der Waals surface area contributed by atoms with Crippen molar-refractivity contribution >= 4 is 11.8 Å². The summed E-state index contributed by atoms with van der Waals surface area (Å²) in [5.74, 6) is 1.60. The Balaban J connectivity index is 1.64. The Labute approximate surface area is 169 Å². The van der Waals surface area contributed by atoms with E-state index in [-0.39, 0.29) is 0 Å². The van der Waals surface area contributed by atoms with Gasteiger partial charge in [-0.15, -0.1) is 10.2 Å². The van der Waals surface area contributed by atoms with Crippen LogP contribution in [0.25, 0.3) is 5.69 Å². The van der Waals surface area contributed by atoms with E-state index < -0.39 is 0 Å². The molecule has 0 spiro atoms. The smallest absolute Gasteiger partial charge is 0.191 e. The molecule has 0 aliphatic heterocycles. The standard InChI is InChI=1S/C21H24N6S/c1-15-19(13-22)20(27(25-15)18-11-7-4-8-12-18)14-28-21-24-23-16(2)26(21)17-9-5-3-6-10-17/h4,7-8,11-12,17H,3,5-6,9-10,14H2,1-2H3. The minimum atomic E-state index is 0.488. The third kappa shape index (κ3) is 3.57. The first-order chi connectivity index (χ1) is 13.7. The molecule has 2 aromatic heterocycles. The first-order valence-electron chi connectivity index (χ1n) is 9.77. The normalized spacial score (nSPS) is 14.9. The summed E-state index contributed by atoms with van der Waals surface area (Å²) in [5, 5.41) is 24.0. The Bertz CT molecular complexity index is 992. The number of nitrogens with zero attached hydrogens (tertiary/aromatic N) is 6. The topological polar surface area (TPSA) is 72.3 Å². The van der Waals surface area contributed by atoms with Gasteiger partial charge in [-0.25, -0.2) is 4.68 Å². The van der Waals surface area contributed by atoms with E-state index >= 15 is 0 Å². The van der Waals surface area contributed by atoms with Gasteiger partial charge in [0.2, 0.25) is 0 Å². The molecular weight excluding hydrogens is 368 g/mol. The zero-order chi connectivity index (χ0) is 19.5. The molecule has 7 heteroatoms. The molecule has 2 heterocycles. The van der Waals surface area contributed by atoms with Crippen molar-refractivity contribution in [3.8, 4) is 11.8 Å². The molecule has 0 N–H and O–H groups in total. The second-order valence-corrected chi connectivity index (χ2v) is 8.19. The van der Waals surface area contributed by atoms with Crippen LogP contribution in [-0.4, -0.2) is 24.5 Å². The number of para-hydroxylation sites is 1. The molecule has 0 bridgehead atoms. The summed E-state index contributed by atoms with van der Waals surface area (Å²) in [7, 11) is 0. The van der Waals surface area contributed by atoms with Crippen LogP contribution in [0.2, 0.25) is 0 Å². The van der Waals surface area contributed by atoms with Gasteiger partial charge in [-0.05, 0) is 38.8 Å². The fraction of sp³-hybridized carbons (Fsp3) is 0.429. The number of rotatable bonds is 5. The maximum Gasteiger partial charge on any atom is 0.191 e. The van der Waals surface area contributed by atoms with Crippen molar-refractivity contribution < 1.29 is 0 Å². The van der Waals surface area contributed by atoms with Crippen molar-refractivity contribution in [1.29, 1.82) is 5.26 Å². The van der Waals surface area contributed by atoms with Crippen LogP contribution in [0.1, 0.15) is 60.9 Å². The molecule has 144 valence electrons. The molecule has 0 unspecified atom stereocenters. The molecular formula is C21H24N6S. The fourth-order valence-electron chi connectivity index (χ4n) is 3.98. The number of thioether (sulfide) groups is 1. The van der Waals surface area contributed by atoms with Crippen LogP contribution < -0.4 is 0 Å². The van der Waals surface area contributed by atoms with Gasteiger partial charge in [0.05, 0.1) is 22.6 Å². The lowest BCUT2D eigenvalue weighted by molar-refractivity contribution is 0.332. The number of nitriles is 1. The van der Waals surface area contributed by atoms with Crippen molar-refractivity contribution in [2.75, 3.05) is 0 Å². The van der Waals surface area contributed by atoms with Gasteiger partial charge < -0.3 is 4.57 Å². The lowest BCUT2D eigenvalue weighted by Gasteiger charge is -2.25. The van der Waals surface area contributed by atoms with Crippen LogP contribution in [0, 0.1) is 25.2 Å². The van der Waals surface area contributed by atoms with Gasteiger partial charge in [0.15, 0.2) is 5.16 Å². The van der Waals surface area contributed by atoms with Gasteiger partial charge in [-0.1, -0.05) is 49.2 Å². The Morgan fingerprint density at radius 2 is 1.86 bits per heavy atom. The van der Waals surface area contributed by atoms with E-state index in [0.717, 1.165) is 28.1 Å². The van der Waals surface area contributed by atoms with Crippen LogP contribution in [-0.2, 0) is 5.75 Å². The van der Waals surface area contributed by atoms with E-state index in [4.69, 9.17) is 0 Å². The minimum Gasteiger partial charge on any atom is -0.303 e. The molecule has 0 atom stereocenters. The van der Waals surface area contributed by atoms with Gasteiger partial charge >= 0.3 is 0 Å². The maximum absolute atomic E-state index is 9.67. The summed E-state index contributed by atoms with van der Waals surface area (Å²) in [6.45, 7) is 3.92.